The average molecular weight is 404 g/mol. The van der Waals surface area contributed by atoms with Gasteiger partial charge in [0.25, 0.3) is 5.91 Å². The van der Waals surface area contributed by atoms with Crippen LogP contribution in [0.5, 0.6) is 0 Å². The highest BCUT2D eigenvalue weighted by atomic mass is 32.2. The van der Waals surface area contributed by atoms with Crippen LogP contribution in [0, 0.1) is 12.7 Å². The maximum atomic E-state index is 13.3. The first-order valence-corrected chi connectivity index (χ1v) is 11.1. The van der Waals surface area contributed by atoms with Crippen LogP contribution in [-0.4, -0.2) is 42.3 Å². The van der Waals surface area contributed by atoms with Crippen LogP contribution >= 0.6 is 11.8 Å². The van der Waals surface area contributed by atoms with Crippen molar-refractivity contribution in [3.8, 4) is 0 Å². The molecule has 0 aliphatic carbocycles. The molecule has 2 fully saturated rings. The van der Waals surface area contributed by atoms with Crippen molar-refractivity contribution in [2.75, 3.05) is 16.4 Å². The molecule has 2 aliphatic heterocycles. The molecule has 2 heterocycles. The fourth-order valence-corrected chi connectivity index (χ4v) is 7.31. The molecule has 0 bridgehead atoms. The topological polar surface area (TPSA) is 66.8 Å². The summed E-state index contributed by atoms with van der Waals surface area (Å²) in [4.78, 5) is 18.7. The van der Waals surface area contributed by atoms with E-state index < -0.39 is 9.84 Å². The Kier molecular flexibility index (Phi) is 4.55. The SMILES string of the molecule is Cc1cccc(C(=O)N=C2S[C@H]3CS(=O)(=O)C[C@H]3N2c2ccc(F)cc2)c1. The zero-order valence-corrected chi connectivity index (χ0v) is 16.1. The third kappa shape index (κ3) is 3.64. The van der Waals surface area contributed by atoms with Crippen molar-refractivity contribution in [2.24, 2.45) is 4.99 Å². The number of nitrogens with zero attached hydrogens (tertiary/aromatic N) is 2. The molecule has 2 aromatic carbocycles. The fraction of sp³-hybridized carbons (Fsp3) is 0.263. The number of amides is 1. The summed E-state index contributed by atoms with van der Waals surface area (Å²) in [5.41, 5.74) is 2.06. The molecule has 2 aromatic rings. The highest BCUT2D eigenvalue weighted by Crippen LogP contribution is 2.41. The lowest BCUT2D eigenvalue weighted by Gasteiger charge is -2.24. The first-order valence-electron chi connectivity index (χ1n) is 8.44. The summed E-state index contributed by atoms with van der Waals surface area (Å²) in [6, 6.07) is 12.6. The number of fused-ring (bicyclic) bond motifs is 1. The lowest BCUT2D eigenvalue weighted by atomic mass is 10.1. The highest BCUT2D eigenvalue weighted by molar-refractivity contribution is 8.16. The number of thioether (sulfide) groups is 1. The number of hydrogen-bond donors (Lipinski definition) is 0. The molecule has 5 nitrogen and oxygen atoms in total. The molecule has 0 saturated carbocycles. The Morgan fingerprint density at radius 1 is 1.19 bits per heavy atom. The zero-order valence-electron chi connectivity index (χ0n) is 14.5. The van der Waals surface area contributed by atoms with Crippen molar-refractivity contribution in [3.05, 3.63) is 65.5 Å². The molecule has 8 heteroatoms. The van der Waals surface area contributed by atoms with E-state index in [4.69, 9.17) is 0 Å². The summed E-state index contributed by atoms with van der Waals surface area (Å²) in [6.45, 7) is 1.90. The van der Waals surface area contributed by atoms with Crippen LogP contribution in [-0.2, 0) is 9.84 Å². The van der Waals surface area contributed by atoms with E-state index in [0.29, 0.717) is 16.4 Å². The second-order valence-corrected chi connectivity index (χ2v) is 10.1. The third-order valence-corrected chi connectivity index (χ3v) is 7.84. The lowest BCUT2D eigenvalue weighted by Crippen LogP contribution is -2.37. The molecule has 1 amide bonds. The number of anilines is 1. The summed E-state index contributed by atoms with van der Waals surface area (Å²) >= 11 is 1.30. The van der Waals surface area contributed by atoms with E-state index in [0.717, 1.165) is 5.56 Å². The largest absolute Gasteiger partial charge is 0.316 e. The standard InChI is InChI=1S/C19H17FN2O3S2/c1-12-3-2-4-13(9-12)18(23)21-19-22(15-7-5-14(20)6-8-15)16-10-27(24,25)11-17(16)26-19/h2-9,16-17H,10-11H2,1H3/t16-,17+/m1/s1. The second-order valence-electron chi connectivity index (χ2n) is 6.72. The van der Waals surface area contributed by atoms with E-state index in [1.54, 1.807) is 35.2 Å². The number of aryl methyl sites for hydroxylation is 1. The van der Waals surface area contributed by atoms with Gasteiger partial charge in [-0.25, -0.2) is 12.8 Å². The molecule has 0 aromatic heterocycles. The third-order valence-electron chi connectivity index (χ3n) is 4.63. The molecule has 2 saturated heterocycles. The van der Waals surface area contributed by atoms with Crippen LogP contribution in [0.15, 0.2) is 53.5 Å². The van der Waals surface area contributed by atoms with Crippen LogP contribution in [0.25, 0.3) is 0 Å². The first-order chi connectivity index (χ1) is 12.8. The van der Waals surface area contributed by atoms with Crippen molar-refractivity contribution in [1.82, 2.24) is 0 Å². The van der Waals surface area contributed by atoms with Gasteiger partial charge in [0, 0.05) is 16.5 Å². The molecule has 0 radical (unpaired) electrons. The van der Waals surface area contributed by atoms with Gasteiger partial charge in [0.2, 0.25) is 0 Å². The van der Waals surface area contributed by atoms with Crippen molar-refractivity contribution in [3.63, 3.8) is 0 Å². The van der Waals surface area contributed by atoms with Crippen LogP contribution in [0.3, 0.4) is 0 Å². The minimum atomic E-state index is -3.14. The number of sulfone groups is 1. The molecule has 0 N–H and O–H groups in total. The van der Waals surface area contributed by atoms with Crippen LogP contribution in [0.4, 0.5) is 10.1 Å². The van der Waals surface area contributed by atoms with Crippen LogP contribution < -0.4 is 4.90 Å². The second kappa shape index (κ2) is 6.76. The molecule has 0 spiro atoms. The number of carbonyl (C=O) groups is 1. The fourth-order valence-electron chi connectivity index (χ4n) is 3.40. The van der Waals surface area contributed by atoms with Gasteiger partial charge >= 0.3 is 0 Å². The first kappa shape index (κ1) is 18.2. The van der Waals surface area contributed by atoms with Crippen molar-refractivity contribution < 1.29 is 17.6 Å². The molecule has 2 aliphatic rings. The summed E-state index contributed by atoms with van der Waals surface area (Å²) in [5.74, 6) is -0.705. The van der Waals surface area contributed by atoms with Crippen molar-refractivity contribution in [1.29, 1.82) is 0 Å². The number of amidine groups is 1. The van der Waals surface area contributed by atoms with E-state index >= 15 is 0 Å². The quantitative estimate of drug-likeness (QED) is 0.770. The van der Waals surface area contributed by atoms with Gasteiger partial charge in [-0.2, -0.15) is 4.99 Å². The van der Waals surface area contributed by atoms with E-state index in [2.05, 4.69) is 4.99 Å². The molecular formula is C19H17FN2O3S2. The predicted molar refractivity (Wildman–Crippen MR) is 106 cm³/mol. The number of aliphatic imine (C=N–C) groups is 1. The smallest absolute Gasteiger partial charge is 0.279 e. The van der Waals surface area contributed by atoms with Crippen molar-refractivity contribution in [2.45, 2.75) is 18.2 Å². The Morgan fingerprint density at radius 3 is 2.63 bits per heavy atom. The van der Waals surface area contributed by atoms with Gasteiger partial charge in [-0.05, 0) is 43.3 Å². The molecular weight excluding hydrogens is 387 g/mol. The van der Waals surface area contributed by atoms with E-state index in [9.17, 15) is 17.6 Å². The highest BCUT2D eigenvalue weighted by Gasteiger charge is 2.49. The number of hydrogen-bond acceptors (Lipinski definition) is 4. The van der Waals surface area contributed by atoms with Gasteiger partial charge in [0.15, 0.2) is 15.0 Å². The molecule has 27 heavy (non-hydrogen) atoms. The summed E-state index contributed by atoms with van der Waals surface area (Å²) in [5, 5.41) is 0.266. The number of rotatable bonds is 2. The Bertz CT molecular complexity index is 1040. The van der Waals surface area contributed by atoms with E-state index in [1.807, 2.05) is 13.0 Å². The van der Waals surface area contributed by atoms with Gasteiger partial charge in [0.05, 0.1) is 17.5 Å². The van der Waals surface area contributed by atoms with Gasteiger partial charge in [-0.15, -0.1) is 0 Å². The maximum absolute atomic E-state index is 13.3. The Balaban J connectivity index is 1.72. The summed E-state index contributed by atoms with van der Waals surface area (Å²) in [6.07, 6.45) is 0. The maximum Gasteiger partial charge on any atom is 0.279 e. The average Bonchev–Trinajstić information content (AvgIpc) is 3.07. The lowest BCUT2D eigenvalue weighted by molar-refractivity contribution is 0.100. The normalized spacial score (nSPS) is 25.0. The number of halogens is 1. The summed E-state index contributed by atoms with van der Waals surface area (Å²) in [7, 11) is -3.14. The van der Waals surface area contributed by atoms with E-state index in [-0.39, 0.29) is 34.5 Å². The minimum Gasteiger partial charge on any atom is -0.316 e. The zero-order chi connectivity index (χ0) is 19.2. The van der Waals surface area contributed by atoms with Gasteiger partial charge in [-0.3, -0.25) is 4.79 Å². The molecule has 140 valence electrons. The Morgan fingerprint density at radius 2 is 1.93 bits per heavy atom. The number of carbonyl (C=O) groups excluding carboxylic acids is 1. The molecule has 4 rings (SSSR count). The Labute approximate surface area is 161 Å². The van der Waals surface area contributed by atoms with Gasteiger partial charge in [0.1, 0.15) is 5.82 Å². The monoisotopic (exact) mass is 404 g/mol. The molecule has 2 atom stereocenters. The Hall–Kier alpha value is -2.19. The molecule has 0 unspecified atom stereocenters. The predicted octanol–water partition coefficient (Wildman–Crippen LogP) is 3.05. The van der Waals surface area contributed by atoms with Gasteiger partial charge in [-0.1, -0.05) is 29.5 Å². The van der Waals surface area contributed by atoms with E-state index in [1.165, 1.54) is 23.9 Å². The van der Waals surface area contributed by atoms with Crippen LogP contribution in [0.2, 0.25) is 0 Å². The van der Waals surface area contributed by atoms with Gasteiger partial charge < -0.3 is 4.90 Å². The number of benzene rings is 2. The van der Waals surface area contributed by atoms with Crippen molar-refractivity contribution >= 4 is 38.4 Å². The minimum absolute atomic E-state index is 0.000299. The summed E-state index contributed by atoms with van der Waals surface area (Å²) < 4.78 is 37.4. The van der Waals surface area contributed by atoms with Crippen LogP contribution in [0.1, 0.15) is 15.9 Å².